The zero-order valence-electron chi connectivity index (χ0n) is 12.9. The summed E-state index contributed by atoms with van der Waals surface area (Å²) >= 11 is 6.18. The predicted octanol–water partition coefficient (Wildman–Crippen LogP) is 3.22. The fraction of sp³-hybridized carbons (Fsp3) is 0.500. The van der Waals surface area contributed by atoms with E-state index >= 15 is 0 Å². The third-order valence-electron chi connectivity index (χ3n) is 4.75. The Balaban J connectivity index is 1.75. The highest BCUT2D eigenvalue weighted by Crippen LogP contribution is 2.38. The Morgan fingerprint density at radius 3 is 2.71 bits per heavy atom. The van der Waals surface area contributed by atoms with Crippen LogP contribution in [0.5, 0.6) is 0 Å². The molecule has 1 aromatic rings. The molecule has 24 heavy (non-hydrogen) atoms. The first-order chi connectivity index (χ1) is 11.3. The quantitative estimate of drug-likeness (QED) is 0.377. The summed E-state index contributed by atoms with van der Waals surface area (Å²) in [6.07, 6.45) is 0.578. The van der Waals surface area contributed by atoms with Gasteiger partial charge in [0, 0.05) is 31.5 Å². The van der Waals surface area contributed by atoms with E-state index in [1.165, 1.54) is 6.07 Å². The molecule has 0 atom stereocenters. The number of alkyl halides is 2. The first kappa shape index (κ1) is 17.0. The van der Waals surface area contributed by atoms with Crippen LogP contribution in [0.2, 0.25) is 5.02 Å². The van der Waals surface area contributed by atoms with Gasteiger partial charge in [0.1, 0.15) is 0 Å². The molecule has 1 aliphatic carbocycles. The molecule has 0 aromatic heterocycles. The first-order valence-corrected chi connectivity index (χ1v) is 8.16. The van der Waals surface area contributed by atoms with Crippen molar-refractivity contribution in [2.75, 3.05) is 6.54 Å². The number of hydrogen-bond donors (Lipinski definition) is 2. The summed E-state index contributed by atoms with van der Waals surface area (Å²) in [7, 11) is 0. The molecule has 1 aromatic carbocycles. The van der Waals surface area contributed by atoms with Crippen molar-refractivity contribution in [2.24, 2.45) is 16.8 Å². The number of nitrogens with two attached hydrogens (primary N) is 1. The monoisotopic (exact) mass is 357 g/mol. The van der Waals surface area contributed by atoms with E-state index in [1.807, 2.05) is 0 Å². The Morgan fingerprint density at radius 1 is 1.42 bits per heavy atom. The fourth-order valence-electron chi connectivity index (χ4n) is 3.41. The van der Waals surface area contributed by atoms with Crippen LogP contribution < -0.4 is 5.73 Å². The molecule has 3 rings (SSSR count). The summed E-state index contributed by atoms with van der Waals surface area (Å²) < 4.78 is 26.5. The van der Waals surface area contributed by atoms with Crippen LogP contribution in [0.25, 0.3) is 0 Å². The van der Waals surface area contributed by atoms with E-state index in [0.717, 1.165) is 0 Å². The zero-order valence-corrected chi connectivity index (χ0v) is 13.7. The SMILES string of the molecule is NC(=NO)c1cc(Cl)c2c(c1)CN(CC1CCC(F)(F)CC1)C2=O. The molecule has 3 N–H and O–H groups in total. The number of amidine groups is 1. The molecule has 0 spiro atoms. The van der Waals surface area contributed by atoms with Crippen LogP contribution in [-0.4, -0.2) is 34.3 Å². The Hall–Kier alpha value is -1.89. The Labute approximate surface area is 143 Å². The number of halogens is 3. The molecule has 2 aliphatic rings. The molecule has 1 saturated carbocycles. The van der Waals surface area contributed by atoms with Crippen LogP contribution in [-0.2, 0) is 6.54 Å². The van der Waals surface area contributed by atoms with Gasteiger partial charge in [0.25, 0.3) is 5.91 Å². The molecule has 1 aliphatic heterocycles. The summed E-state index contributed by atoms with van der Waals surface area (Å²) in [5.41, 5.74) is 7.12. The summed E-state index contributed by atoms with van der Waals surface area (Å²) in [6.45, 7) is 0.798. The molecule has 0 bridgehead atoms. The number of nitrogens with zero attached hydrogens (tertiary/aromatic N) is 2. The van der Waals surface area contributed by atoms with Gasteiger partial charge in [0.15, 0.2) is 5.84 Å². The number of amides is 1. The van der Waals surface area contributed by atoms with E-state index in [0.29, 0.717) is 42.6 Å². The average Bonchev–Trinajstić information content (AvgIpc) is 2.85. The maximum Gasteiger partial charge on any atom is 0.256 e. The fourth-order valence-corrected chi connectivity index (χ4v) is 3.73. The number of fused-ring (bicyclic) bond motifs is 1. The Bertz CT molecular complexity index is 699. The van der Waals surface area contributed by atoms with Crippen molar-refractivity contribution in [1.82, 2.24) is 4.90 Å². The second-order valence-corrected chi connectivity index (χ2v) is 6.87. The average molecular weight is 358 g/mol. The highest BCUT2D eigenvalue weighted by Gasteiger charge is 2.37. The predicted molar refractivity (Wildman–Crippen MR) is 85.6 cm³/mol. The normalized spacial score (nSPS) is 21.2. The zero-order chi connectivity index (χ0) is 17.5. The lowest BCUT2D eigenvalue weighted by Gasteiger charge is -2.30. The van der Waals surface area contributed by atoms with E-state index in [2.05, 4.69) is 5.16 Å². The maximum absolute atomic E-state index is 13.2. The summed E-state index contributed by atoms with van der Waals surface area (Å²) in [5, 5.41) is 12.0. The van der Waals surface area contributed by atoms with Gasteiger partial charge in [-0.15, -0.1) is 0 Å². The van der Waals surface area contributed by atoms with Gasteiger partial charge in [-0.05, 0) is 36.5 Å². The molecule has 0 unspecified atom stereocenters. The minimum atomic E-state index is -2.58. The number of benzene rings is 1. The lowest BCUT2D eigenvalue weighted by molar-refractivity contribution is -0.0480. The standard InChI is InChI=1S/C16H18ClF2N3O2/c17-12-6-10(14(20)21-24)5-11-8-22(15(23)13(11)12)7-9-1-3-16(18,19)4-2-9/h5-6,9,24H,1-4,7-8H2,(H2,20,21). The highest BCUT2D eigenvalue weighted by atomic mass is 35.5. The number of hydrogen-bond acceptors (Lipinski definition) is 3. The van der Waals surface area contributed by atoms with Crippen molar-refractivity contribution in [3.8, 4) is 0 Å². The molecular weight excluding hydrogens is 340 g/mol. The molecule has 0 radical (unpaired) electrons. The van der Waals surface area contributed by atoms with E-state index < -0.39 is 5.92 Å². The number of carbonyl (C=O) groups is 1. The number of oxime groups is 1. The third-order valence-corrected chi connectivity index (χ3v) is 5.05. The van der Waals surface area contributed by atoms with Crippen LogP contribution in [0.3, 0.4) is 0 Å². The Morgan fingerprint density at radius 2 is 2.08 bits per heavy atom. The molecule has 130 valence electrons. The second-order valence-electron chi connectivity index (χ2n) is 6.46. The van der Waals surface area contributed by atoms with Gasteiger partial charge >= 0.3 is 0 Å². The topological polar surface area (TPSA) is 78.9 Å². The van der Waals surface area contributed by atoms with Crippen molar-refractivity contribution in [3.63, 3.8) is 0 Å². The van der Waals surface area contributed by atoms with Crippen LogP contribution in [0.15, 0.2) is 17.3 Å². The first-order valence-electron chi connectivity index (χ1n) is 7.78. The van der Waals surface area contributed by atoms with Crippen LogP contribution in [0.4, 0.5) is 8.78 Å². The smallest absolute Gasteiger partial charge is 0.256 e. The summed E-state index contributed by atoms with van der Waals surface area (Å²) in [5.74, 6) is -2.78. The van der Waals surface area contributed by atoms with Gasteiger partial charge in [0.2, 0.25) is 5.92 Å². The van der Waals surface area contributed by atoms with Crippen molar-refractivity contribution < 1.29 is 18.8 Å². The van der Waals surface area contributed by atoms with Gasteiger partial charge in [-0.3, -0.25) is 4.79 Å². The third kappa shape index (κ3) is 3.17. The number of rotatable bonds is 3. The van der Waals surface area contributed by atoms with Crippen LogP contribution in [0, 0.1) is 5.92 Å². The summed E-state index contributed by atoms with van der Waals surface area (Å²) in [4.78, 5) is 14.2. The van der Waals surface area contributed by atoms with Gasteiger partial charge in [-0.2, -0.15) is 0 Å². The molecule has 8 heteroatoms. The highest BCUT2D eigenvalue weighted by molar-refractivity contribution is 6.34. The van der Waals surface area contributed by atoms with E-state index in [9.17, 15) is 13.6 Å². The molecule has 0 saturated heterocycles. The van der Waals surface area contributed by atoms with E-state index in [4.69, 9.17) is 22.5 Å². The van der Waals surface area contributed by atoms with Gasteiger partial charge in [-0.25, -0.2) is 8.78 Å². The van der Waals surface area contributed by atoms with Crippen LogP contribution >= 0.6 is 11.6 Å². The van der Waals surface area contributed by atoms with Gasteiger partial charge in [0.05, 0.1) is 10.6 Å². The van der Waals surface area contributed by atoms with Crippen molar-refractivity contribution in [1.29, 1.82) is 0 Å². The van der Waals surface area contributed by atoms with E-state index in [1.54, 1.807) is 11.0 Å². The largest absolute Gasteiger partial charge is 0.409 e. The minimum Gasteiger partial charge on any atom is -0.409 e. The number of carbonyl (C=O) groups excluding carboxylic acids is 1. The molecular formula is C16H18ClF2N3O2. The molecule has 1 amide bonds. The minimum absolute atomic E-state index is 0.0743. The lowest BCUT2D eigenvalue weighted by atomic mass is 9.86. The van der Waals surface area contributed by atoms with Gasteiger partial charge < -0.3 is 15.8 Å². The van der Waals surface area contributed by atoms with Gasteiger partial charge in [-0.1, -0.05) is 16.8 Å². The van der Waals surface area contributed by atoms with E-state index in [-0.39, 0.29) is 35.5 Å². The molecule has 1 fully saturated rings. The molecule has 5 nitrogen and oxygen atoms in total. The summed E-state index contributed by atoms with van der Waals surface area (Å²) in [6, 6.07) is 3.15. The van der Waals surface area contributed by atoms with Crippen molar-refractivity contribution in [2.45, 2.75) is 38.2 Å². The Kier molecular flexibility index (Phi) is 4.38. The maximum atomic E-state index is 13.2. The van der Waals surface area contributed by atoms with Crippen LogP contribution in [0.1, 0.15) is 47.2 Å². The molecule has 1 heterocycles. The van der Waals surface area contributed by atoms with Crippen molar-refractivity contribution in [3.05, 3.63) is 33.8 Å². The second kappa shape index (κ2) is 6.20. The lowest BCUT2D eigenvalue weighted by Crippen LogP contribution is -2.34. The van der Waals surface area contributed by atoms with Crippen molar-refractivity contribution >= 4 is 23.3 Å².